The molecule has 5 heteroatoms. The fourth-order valence-corrected chi connectivity index (χ4v) is 3.28. The Labute approximate surface area is 171 Å². The molecule has 0 unspecified atom stereocenters. The lowest BCUT2D eigenvalue weighted by Gasteiger charge is -2.13. The Hall–Kier alpha value is -3.34. The van der Waals surface area contributed by atoms with Crippen LogP contribution in [-0.4, -0.2) is 29.9 Å². The van der Waals surface area contributed by atoms with E-state index in [9.17, 15) is 9.59 Å². The summed E-state index contributed by atoms with van der Waals surface area (Å²) in [5.41, 5.74) is 4.25. The molecule has 3 rings (SSSR count). The molecule has 2 aromatic carbocycles. The number of aryl methyl sites for hydroxylation is 2. The first-order valence-electron chi connectivity index (χ1n) is 9.75. The summed E-state index contributed by atoms with van der Waals surface area (Å²) in [5.74, 6) is 0.0559. The molecule has 1 aliphatic rings. The van der Waals surface area contributed by atoms with Crippen molar-refractivity contribution in [3.05, 3.63) is 77.5 Å². The maximum Gasteiger partial charge on any atom is 0.278 e. The van der Waals surface area contributed by atoms with Gasteiger partial charge in [0.25, 0.3) is 11.8 Å². The lowest BCUT2D eigenvalue weighted by Crippen LogP contribution is -2.32. The van der Waals surface area contributed by atoms with E-state index in [0.29, 0.717) is 17.7 Å². The van der Waals surface area contributed by atoms with Gasteiger partial charge in [-0.25, -0.2) is 0 Å². The first-order chi connectivity index (χ1) is 14.0. The monoisotopic (exact) mass is 390 g/mol. The Kier molecular flexibility index (Phi) is 6.17. The highest BCUT2D eigenvalue weighted by Gasteiger charge is 2.38. The van der Waals surface area contributed by atoms with Crippen LogP contribution in [-0.2, 0) is 9.59 Å². The molecule has 0 radical (unpaired) electrons. The van der Waals surface area contributed by atoms with Gasteiger partial charge in [-0.3, -0.25) is 14.5 Å². The van der Waals surface area contributed by atoms with Gasteiger partial charge in [-0.05, 0) is 49.6 Å². The van der Waals surface area contributed by atoms with E-state index in [1.807, 2.05) is 63.2 Å². The third-order valence-electron chi connectivity index (χ3n) is 4.74. The molecule has 1 aliphatic heterocycles. The van der Waals surface area contributed by atoms with Crippen molar-refractivity contribution in [2.75, 3.05) is 18.5 Å². The lowest BCUT2D eigenvalue weighted by atomic mass is 10.0. The normalized spacial score (nSPS) is 13.8. The van der Waals surface area contributed by atoms with Gasteiger partial charge in [0.2, 0.25) is 0 Å². The zero-order valence-corrected chi connectivity index (χ0v) is 17.1. The van der Waals surface area contributed by atoms with E-state index in [1.165, 1.54) is 4.90 Å². The lowest BCUT2D eigenvalue weighted by molar-refractivity contribution is -0.136. The van der Waals surface area contributed by atoms with Gasteiger partial charge in [0, 0.05) is 12.2 Å². The van der Waals surface area contributed by atoms with Crippen molar-refractivity contribution >= 4 is 23.1 Å². The van der Waals surface area contributed by atoms with Crippen LogP contribution in [0.2, 0.25) is 0 Å². The number of nitrogens with one attached hydrogen (secondary N) is 1. The molecule has 2 aromatic rings. The third kappa shape index (κ3) is 4.24. The second-order valence-corrected chi connectivity index (χ2v) is 7.08. The second-order valence-electron chi connectivity index (χ2n) is 7.08. The van der Waals surface area contributed by atoms with Crippen molar-refractivity contribution in [2.24, 2.45) is 0 Å². The molecule has 2 amide bonds. The molecule has 0 spiro atoms. The number of carbonyl (C=O) groups is 2. The number of amides is 2. The molecule has 29 heavy (non-hydrogen) atoms. The zero-order chi connectivity index (χ0) is 21.0. The summed E-state index contributed by atoms with van der Waals surface area (Å²) in [7, 11) is 0. The minimum Gasteiger partial charge on any atom is -0.494 e. The fraction of sp³-hybridized carbons (Fsp3) is 0.250. The molecule has 0 saturated heterocycles. The Morgan fingerprint density at radius 3 is 2.41 bits per heavy atom. The number of nitrogens with zero attached hydrogens (tertiary/aromatic N) is 1. The van der Waals surface area contributed by atoms with Crippen molar-refractivity contribution in [3.63, 3.8) is 0 Å². The van der Waals surface area contributed by atoms with E-state index in [4.69, 9.17) is 4.74 Å². The molecule has 0 atom stereocenters. The van der Waals surface area contributed by atoms with Crippen LogP contribution in [0.1, 0.15) is 30.0 Å². The smallest absolute Gasteiger partial charge is 0.278 e. The molecule has 1 heterocycles. The SMILES string of the molecule is C=CCN1C(=O)C(Nc2ccc(C)cc2C)=C(c2ccc(OCCC)cc2)C1=O. The van der Waals surface area contributed by atoms with Crippen molar-refractivity contribution in [3.8, 4) is 5.75 Å². The topological polar surface area (TPSA) is 58.6 Å². The number of hydrogen-bond acceptors (Lipinski definition) is 4. The second kappa shape index (κ2) is 8.78. The third-order valence-corrected chi connectivity index (χ3v) is 4.74. The molecular weight excluding hydrogens is 364 g/mol. The summed E-state index contributed by atoms with van der Waals surface area (Å²) in [5, 5.41) is 3.20. The van der Waals surface area contributed by atoms with E-state index >= 15 is 0 Å². The Balaban J connectivity index is 2.02. The highest BCUT2D eigenvalue weighted by molar-refractivity contribution is 6.36. The summed E-state index contributed by atoms with van der Waals surface area (Å²) in [6.45, 7) is 10.5. The molecular formula is C24H26N2O3. The number of imide groups is 1. The Morgan fingerprint density at radius 2 is 1.79 bits per heavy atom. The van der Waals surface area contributed by atoms with Gasteiger partial charge in [-0.15, -0.1) is 6.58 Å². The molecule has 0 aliphatic carbocycles. The summed E-state index contributed by atoms with van der Waals surface area (Å²) in [6.07, 6.45) is 2.47. The minimum absolute atomic E-state index is 0.164. The molecule has 0 bridgehead atoms. The van der Waals surface area contributed by atoms with Crippen molar-refractivity contribution in [1.82, 2.24) is 4.90 Å². The average molecular weight is 390 g/mol. The van der Waals surface area contributed by atoms with E-state index in [-0.39, 0.29) is 24.1 Å². The zero-order valence-electron chi connectivity index (χ0n) is 17.1. The van der Waals surface area contributed by atoms with Crippen LogP contribution in [0.5, 0.6) is 5.75 Å². The quantitative estimate of drug-likeness (QED) is 0.534. The highest BCUT2D eigenvalue weighted by atomic mass is 16.5. The predicted octanol–water partition coefficient (Wildman–Crippen LogP) is 4.47. The van der Waals surface area contributed by atoms with E-state index in [1.54, 1.807) is 6.08 Å². The summed E-state index contributed by atoms with van der Waals surface area (Å²) in [4.78, 5) is 27.2. The standard InChI is InChI=1S/C24H26N2O3/c1-5-13-26-23(27)21(18-8-10-19(11-9-18)29-14-6-2)22(24(26)28)25-20-12-7-16(3)15-17(20)4/h5,7-12,15,25H,1,6,13-14H2,2-4H3. The van der Waals surface area contributed by atoms with Crippen LogP contribution in [0.15, 0.2) is 60.8 Å². The van der Waals surface area contributed by atoms with Gasteiger partial charge in [-0.1, -0.05) is 42.8 Å². The number of anilines is 1. The van der Waals surface area contributed by atoms with Crippen LogP contribution in [0.4, 0.5) is 5.69 Å². The summed E-state index contributed by atoms with van der Waals surface area (Å²) < 4.78 is 5.62. The van der Waals surface area contributed by atoms with Crippen molar-refractivity contribution in [1.29, 1.82) is 0 Å². The number of rotatable bonds is 8. The van der Waals surface area contributed by atoms with Crippen molar-refractivity contribution < 1.29 is 14.3 Å². The van der Waals surface area contributed by atoms with Gasteiger partial charge in [-0.2, -0.15) is 0 Å². The molecule has 0 fully saturated rings. The van der Waals surface area contributed by atoms with Crippen LogP contribution >= 0.6 is 0 Å². The van der Waals surface area contributed by atoms with Gasteiger partial charge in [0.1, 0.15) is 11.4 Å². The number of carbonyl (C=O) groups excluding carboxylic acids is 2. The molecule has 1 N–H and O–H groups in total. The first-order valence-corrected chi connectivity index (χ1v) is 9.75. The maximum absolute atomic E-state index is 13.0. The Morgan fingerprint density at radius 1 is 1.07 bits per heavy atom. The van der Waals surface area contributed by atoms with Crippen LogP contribution in [0, 0.1) is 13.8 Å². The summed E-state index contributed by atoms with van der Waals surface area (Å²) in [6, 6.07) is 13.2. The number of hydrogen-bond donors (Lipinski definition) is 1. The molecule has 150 valence electrons. The molecule has 0 saturated carbocycles. The largest absolute Gasteiger partial charge is 0.494 e. The molecule has 0 aromatic heterocycles. The van der Waals surface area contributed by atoms with Gasteiger partial charge in [0.15, 0.2) is 0 Å². The minimum atomic E-state index is -0.351. The van der Waals surface area contributed by atoms with Gasteiger partial charge >= 0.3 is 0 Å². The number of benzene rings is 2. The van der Waals surface area contributed by atoms with E-state index in [0.717, 1.165) is 29.0 Å². The summed E-state index contributed by atoms with van der Waals surface area (Å²) >= 11 is 0. The van der Waals surface area contributed by atoms with E-state index in [2.05, 4.69) is 11.9 Å². The molecule has 5 nitrogen and oxygen atoms in total. The van der Waals surface area contributed by atoms with Crippen LogP contribution in [0.25, 0.3) is 5.57 Å². The van der Waals surface area contributed by atoms with Gasteiger partial charge < -0.3 is 10.1 Å². The van der Waals surface area contributed by atoms with Crippen molar-refractivity contribution in [2.45, 2.75) is 27.2 Å². The van der Waals surface area contributed by atoms with Crippen LogP contribution < -0.4 is 10.1 Å². The fourth-order valence-electron chi connectivity index (χ4n) is 3.28. The first kappa shape index (κ1) is 20.4. The maximum atomic E-state index is 13.0. The van der Waals surface area contributed by atoms with Gasteiger partial charge in [0.05, 0.1) is 12.2 Å². The Bertz CT molecular complexity index is 974. The number of ether oxygens (including phenoxy) is 1. The predicted molar refractivity (Wildman–Crippen MR) is 116 cm³/mol. The van der Waals surface area contributed by atoms with E-state index < -0.39 is 0 Å². The van der Waals surface area contributed by atoms with Crippen LogP contribution in [0.3, 0.4) is 0 Å². The highest BCUT2D eigenvalue weighted by Crippen LogP contribution is 2.32. The average Bonchev–Trinajstić information content (AvgIpc) is 2.93.